The summed E-state index contributed by atoms with van der Waals surface area (Å²) in [4.78, 5) is 9.56. The van der Waals surface area contributed by atoms with Crippen molar-refractivity contribution in [2.75, 3.05) is 14.1 Å². The Bertz CT molecular complexity index is 486. The van der Waals surface area contributed by atoms with Crippen LogP contribution >= 0.6 is 11.3 Å². The molecule has 0 saturated heterocycles. The number of aliphatic imine (C=N–C) groups is 1. The number of aryl methyl sites for hydroxylation is 1. The average Bonchev–Trinajstić information content (AvgIpc) is 3.12. The molecule has 1 aliphatic rings. The second-order valence-electron chi connectivity index (χ2n) is 5.93. The first-order valence-electron chi connectivity index (χ1n) is 7.01. The Hall–Kier alpha value is -1.03. The van der Waals surface area contributed by atoms with Gasteiger partial charge in [0.05, 0.1) is 5.54 Å². The predicted octanol–water partition coefficient (Wildman–Crippen LogP) is 3.44. The van der Waals surface area contributed by atoms with Crippen LogP contribution in [0.1, 0.15) is 54.3 Å². The lowest BCUT2D eigenvalue weighted by Gasteiger charge is -2.26. The van der Waals surface area contributed by atoms with E-state index in [9.17, 15) is 0 Å². The lowest BCUT2D eigenvalue weighted by Crippen LogP contribution is -2.34. The van der Waals surface area contributed by atoms with Crippen molar-refractivity contribution in [3.05, 3.63) is 21.4 Å². The molecular weight excluding hydrogens is 254 g/mol. The highest BCUT2D eigenvalue weighted by atomic mass is 32.1. The fourth-order valence-corrected chi connectivity index (χ4v) is 3.76. The second-order valence-corrected chi connectivity index (χ2v) is 7.01. The standard InChI is InChI=1S/C15H25N3S/c1-6-15(3,17-14(16)18(4)5)13-10(2)9-12(19-13)11-7-8-11/h9,11H,6-8H2,1-5H3,(H2,16,17)/t15-/m0/s1. The monoisotopic (exact) mass is 279 g/mol. The van der Waals surface area contributed by atoms with Crippen LogP contribution in [0.3, 0.4) is 0 Å². The molecule has 19 heavy (non-hydrogen) atoms. The van der Waals surface area contributed by atoms with Crippen LogP contribution in [0.4, 0.5) is 0 Å². The molecule has 0 radical (unpaired) electrons. The van der Waals surface area contributed by atoms with Gasteiger partial charge >= 0.3 is 0 Å². The van der Waals surface area contributed by atoms with E-state index < -0.39 is 0 Å². The molecular formula is C15H25N3S. The average molecular weight is 279 g/mol. The summed E-state index contributed by atoms with van der Waals surface area (Å²) in [6.07, 6.45) is 3.67. The first-order valence-corrected chi connectivity index (χ1v) is 7.82. The lowest BCUT2D eigenvalue weighted by molar-refractivity contribution is 0.471. The Morgan fingerprint density at radius 1 is 1.53 bits per heavy atom. The van der Waals surface area contributed by atoms with Crippen LogP contribution in [0.25, 0.3) is 0 Å². The number of hydrogen-bond acceptors (Lipinski definition) is 2. The van der Waals surface area contributed by atoms with Crippen LogP contribution in [0.15, 0.2) is 11.1 Å². The van der Waals surface area contributed by atoms with E-state index in [1.807, 2.05) is 30.3 Å². The molecule has 1 saturated carbocycles. The quantitative estimate of drug-likeness (QED) is 0.677. The van der Waals surface area contributed by atoms with E-state index in [0.29, 0.717) is 5.96 Å². The molecule has 3 nitrogen and oxygen atoms in total. The molecule has 1 atom stereocenters. The lowest BCUT2D eigenvalue weighted by atomic mass is 9.95. The summed E-state index contributed by atoms with van der Waals surface area (Å²) in [6, 6.07) is 2.35. The van der Waals surface area contributed by atoms with Gasteiger partial charge in [-0.3, -0.25) is 0 Å². The minimum absolute atomic E-state index is 0.198. The summed E-state index contributed by atoms with van der Waals surface area (Å²) in [5.74, 6) is 1.42. The van der Waals surface area contributed by atoms with Crippen LogP contribution in [0, 0.1) is 6.92 Å². The highest BCUT2D eigenvalue weighted by molar-refractivity contribution is 7.12. The third kappa shape index (κ3) is 2.94. The molecule has 1 aromatic rings. The highest BCUT2D eigenvalue weighted by Crippen LogP contribution is 2.47. The number of thiophene rings is 1. The first kappa shape index (κ1) is 14.4. The maximum Gasteiger partial charge on any atom is 0.191 e. The molecule has 1 aliphatic carbocycles. The number of hydrogen-bond donors (Lipinski definition) is 1. The van der Waals surface area contributed by atoms with Crippen molar-refractivity contribution in [1.29, 1.82) is 0 Å². The molecule has 0 aliphatic heterocycles. The number of nitrogens with two attached hydrogens (primary N) is 1. The molecule has 106 valence electrons. The summed E-state index contributed by atoms with van der Waals surface area (Å²) >= 11 is 1.93. The Labute approximate surface area is 120 Å². The zero-order chi connectivity index (χ0) is 14.2. The fraction of sp³-hybridized carbons (Fsp3) is 0.667. The summed E-state index contributed by atoms with van der Waals surface area (Å²) in [5, 5.41) is 0. The highest BCUT2D eigenvalue weighted by Gasteiger charge is 2.32. The van der Waals surface area contributed by atoms with Gasteiger partial charge in [-0.05, 0) is 50.7 Å². The van der Waals surface area contributed by atoms with Gasteiger partial charge in [0, 0.05) is 23.8 Å². The number of rotatable bonds is 4. The molecule has 4 heteroatoms. The van der Waals surface area contributed by atoms with Crippen LogP contribution in [-0.4, -0.2) is 25.0 Å². The fourth-order valence-electron chi connectivity index (χ4n) is 2.25. The first-order chi connectivity index (χ1) is 8.87. The van der Waals surface area contributed by atoms with Gasteiger partial charge in [0.1, 0.15) is 0 Å². The molecule has 0 bridgehead atoms. The van der Waals surface area contributed by atoms with Crippen molar-refractivity contribution >= 4 is 17.3 Å². The molecule has 1 heterocycles. The summed E-state index contributed by atoms with van der Waals surface area (Å²) < 4.78 is 0. The Balaban J connectivity index is 2.37. The van der Waals surface area contributed by atoms with Crippen molar-refractivity contribution in [3.8, 4) is 0 Å². The van der Waals surface area contributed by atoms with Crippen LogP contribution in [-0.2, 0) is 5.54 Å². The topological polar surface area (TPSA) is 41.6 Å². The van der Waals surface area contributed by atoms with Crippen molar-refractivity contribution < 1.29 is 0 Å². The second kappa shape index (κ2) is 5.16. The predicted molar refractivity (Wildman–Crippen MR) is 84.0 cm³/mol. The third-order valence-electron chi connectivity index (χ3n) is 3.91. The Kier molecular flexibility index (Phi) is 3.90. The molecule has 0 unspecified atom stereocenters. The number of guanidine groups is 1. The van der Waals surface area contributed by atoms with Gasteiger partial charge in [0.25, 0.3) is 0 Å². The molecule has 0 spiro atoms. The Morgan fingerprint density at radius 3 is 2.63 bits per heavy atom. The van der Waals surface area contributed by atoms with E-state index >= 15 is 0 Å². The Morgan fingerprint density at radius 2 is 2.16 bits per heavy atom. The van der Waals surface area contributed by atoms with Crippen molar-refractivity contribution in [3.63, 3.8) is 0 Å². The third-order valence-corrected chi connectivity index (χ3v) is 5.57. The van der Waals surface area contributed by atoms with E-state index in [2.05, 4.69) is 26.8 Å². The summed E-state index contributed by atoms with van der Waals surface area (Å²) in [6.45, 7) is 6.58. The van der Waals surface area contributed by atoms with E-state index in [1.54, 1.807) is 0 Å². The van der Waals surface area contributed by atoms with Crippen molar-refractivity contribution in [2.24, 2.45) is 10.7 Å². The molecule has 2 N–H and O–H groups in total. The van der Waals surface area contributed by atoms with Gasteiger partial charge in [-0.2, -0.15) is 0 Å². The van der Waals surface area contributed by atoms with E-state index in [1.165, 1.54) is 28.2 Å². The SMILES string of the molecule is CC[C@](C)(N=C(N)N(C)C)c1sc(C2CC2)cc1C. The van der Waals surface area contributed by atoms with E-state index in [0.717, 1.165) is 12.3 Å². The van der Waals surface area contributed by atoms with Gasteiger partial charge in [-0.25, -0.2) is 4.99 Å². The summed E-state index contributed by atoms with van der Waals surface area (Å²) in [7, 11) is 3.87. The van der Waals surface area contributed by atoms with Crippen molar-refractivity contribution in [1.82, 2.24) is 4.90 Å². The molecule has 1 fully saturated rings. The normalized spacial score (nSPS) is 19.3. The van der Waals surface area contributed by atoms with Gasteiger partial charge in [0.15, 0.2) is 5.96 Å². The molecule has 2 rings (SSSR count). The maximum atomic E-state index is 6.03. The maximum absolute atomic E-state index is 6.03. The van der Waals surface area contributed by atoms with Gasteiger partial charge in [0.2, 0.25) is 0 Å². The summed E-state index contributed by atoms with van der Waals surface area (Å²) in [5.41, 5.74) is 7.19. The van der Waals surface area contributed by atoms with Gasteiger partial charge < -0.3 is 10.6 Å². The minimum Gasteiger partial charge on any atom is -0.370 e. The minimum atomic E-state index is -0.198. The molecule has 0 amide bonds. The largest absolute Gasteiger partial charge is 0.370 e. The molecule has 1 aromatic heterocycles. The van der Waals surface area contributed by atoms with Gasteiger partial charge in [-0.1, -0.05) is 6.92 Å². The van der Waals surface area contributed by atoms with E-state index in [4.69, 9.17) is 10.7 Å². The van der Waals surface area contributed by atoms with Crippen molar-refractivity contribution in [2.45, 2.75) is 51.5 Å². The molecule has 0 aromatic carbocycles. The number of nitrogens with zero attached hydrogens (tertiary/aromatic N) is 2. The van der Waals surface area contributed by atoms with Crippen LogP contribution < -0.4 is 5.73 Å². The van der Waals surface area contributed by atoms with E-state index in [-0.39, 0.29) is 5.54 Å². The van der Waals surface area contributed by atoms with Gasteiger partial charge in [-0.15, -0.1) is 11.3 Å². The zero-order valence-electron chi connectivity index (χ0n) is 12.7. The van der Waals surface area contributed by atoms with Crippen LogP contribution in [0.5, 0.6) is 0 Å². The zero-order valence-corrected chi connectivity index (χ0v) is 13.5. The van der Waals surface area contributed by atoms with Crippen LogP contribution in [0.2, 0.25) is 0 Å². The smallest absolute Gasteiger partial charge is 0.191 e.